The zero-order valence-electron chi connectivity index (χ0n) is 20.3. The molecule has 0 amide bonds. The third-order valence-electron chi connectivity index (χ3n) is 5.80. The van der Waals surface area contributed by atoms with E-state index in [1.807, 2.05) is 91.0 Å². The molecule has 0 radical (unpaired) electrons. The molecule has 0 N–H and O–H groups in total. The smallest absolute Gasteiger partial charge is 0.337 e. The summed E-state index contributed by atoms with van der Waals surface area (Å²) < 4.78 is 11.1. The highest BCUT2D eigenvalue weighted by molar-refractivity contribution is 6.11. The number of carbonyl (C=O) groups excluding carboxylic acids is 2. The first-order valence-corrected chi connectivity index (χ1v) is 11.9. The lowest BCUT2D eigenvalue weighted by molar-refractivity contribution is -0.146. The molecule has 0 bridgehead atoms. The molecule has 0 saturated carbocycles. The molecule has 2 atom stereocenters. The third kappa shape index (κ3) is 5.79. The Labute approximate surface area is 211 Å². The van der Waals surface area contributed by atoms with Crippen LogP contribution in [0.1, 0.15) is 30.5 Å². The van der Waals surface area contributed by atoms with E-state index in [0.29, 0.717) is 11.4 Å². The molecule has 0 fully saturated rings. The lowest BCUT2D eigenvalue weighted by Gasteiger charge is -2.29. The van der Waals surface area contributed by atoms with Crippen LogP contribution < -0.4 is 0 Å². The predicted molar refractivity (Wildman–Crippen MR) is 140 cm³/mol. The van der Waals surface area contributed by atoms with Crippen molar-refractivity contribution in [3.8, 4) is 11.8 Å². The van der Waals surface area contributed by atoms with Crippen molar-refractivity contribution < 1.29 is 19.1 Å². The molecule has 4 rings (SSSR count). The lowest BCUT2D eigenvalue weighted by atomic mass is 9.79. The SMILES string of the molecule is CCOC(=O)C1C(C)=NC(c2ccccc2)=C(C(=O)OCc2ccccc2)[C@H]1C#Cc1ccccc1. The Morgan fingerprint density at radius 1 is 0.861 bits per heavy atom. The quantitative estimate of drug-likeness (QED) is 0.349. The second-order valence-electron chi connectivity index (χ2n) is 8.29. The average molecular weight is 478 g/mol. The molecule has 1 aliphatic rings. The van der Waals surface area contributed by atoms with Crippen molar-refractivity contribution in [1.82, 2.24) is 0 Å². The molecule has 0 saturated heterocycles. The number of aliphatic imine (C=N–C) groups is 1. The van der Waals surface area contributed by atoms with Crippen LogP contribution in [0.5, 0.6) is 0 Å². The summed E-state index contributed by atoms with van der Waals surface area (Å²) in [5.41, 5.74) is 3.63. The molecular formula is C31H27NO4. The second-order valence-corrected chi connectivity index (χ2v) is 8.29. The number of rotatable bonds is 6. The first kappa shape index (κ1) is 24.7. The number of esters is 2. The fraction of sp³-hybridized carbons (Fsp3) is 0.194. The van der Waals surface area contributed by atoms with E-state index in [0.717, 1.165) is 16.7 Å². The van der Waals surface area contributed by atoms with Gasteiger partial charge in [-0.15, -0.1) is 0 Å². The van der Waals surface area contributed by atoms with Crippen molar-refractivity contribution in [3.05, 3.63) is 113 Å². The summed E-state index contributed by atoms with van der Waals surface area (Å²) >= 11 is 0. The van der Waals surface area contributed by atoms with E-state index in [-0.39, 0.29) is 18.8 Å². The van der Waals surface area contributed by atoms with Crippen molar-refractivity contribution in [2.24, 2.45) is 16.8 Å². The Bertz CT molecular complexity index is 1330. The van der Waals surface area contributed by atoms with Gasteiger partial charge >= 0.3 is 11.9 Å². The molecule has 5 nitrogen and oxygen atoms in total. The minimum Gasteiger partial charge on any atom is -0.465 e. The molecular weight excluding hydrogens is 450 g/mol. The van der Waals surface area contributed by atoms with Crippen LogP contribution in [-0.2, 0) is 25.7 Å². The minimum absolute atomic E-state index is 0.0941. The zero-order valence-corrected chi connectivity index (χ0v) is 20.3. The van der Waals surface area contributed by atoms with Gasteiger partial charge in [-0.05, 0) is 31.5 Å². The summed E-state index contributed by atoms with van der Waals surface area (Å²) in [5, 5.41) is 0. The van der Waals surface area contributed by atoms with Crippen LogP contribution in [-0.4, -0.2) is 24.3 Å². The largest absolute Gasteiger partial charge is 0.465 e. The van der Waals surface area contributed by atoms with Crippen LogP contribution in [0.4, 0.5) is 0 Å². The van der Waals surface area contributed by atoms with Gasteiger partial charge in [-0.1, -0.05) is 90.7 Å². The monoisotopic (exact) mass is 477 g/mol. The molecule has 1 heterocycles. The van der Waals surface area contributed by atoms with E-state index in [9.17, 15) is 9.59 Å². The maximum Gasteiger partial charge on any atom is 0.337 e. The van der Waals surface area contributed by atoms with Crippen LogP contribution in [0.15, 0.2) is 102 Å². The molecule has 3 aromatic rings. The molecule has 0 aromatic heterocycles. The van der Waals surface area contributed by atoms with Crippen LogP contribution in [0, 0.1) is 23.7 Å². The zero-order chi connectivity index (χ0) is 25.3. The Morgan fingerprint density at radius 2 is 1.47 bits per heavy atom. The van der Waals surface area contributed by atoms with Gasteiger partial charge in [-0.25, -0.2) is 4.79 Å². The normalized spacial score (nSPS) is 16.9. The number of benzene rings is 3. The number of nitrogens with zero attached hydrogens (tertiary/aromatic N) is 1. The molecule has 1 aliphatic heterocycles. The molecule has 36 heavy (non-hydrogen) atoms. The molecule has 0 spiro atoms. The van der Waals surface area contributed by atoms with Gasteiger partial charge in [0.25, 0.3) is 0 Å². The second kappa shape index (κ2) is 11.8. The van der Waals surface area contributed by atoms with Crippen LogP contribution in [0.3, 0.4) is 0 Å². The fourth-order valence-electron chi connectivity index (χ4n) is 4.08. The highest BCUT2D eigenvalue weighted by Crippen LogP contribution is 2.37. The van der Waals surface area contributed by atoms with Crippen molar-refractivity contribution in [3.63, 3.8) is 0 Å². The van der Waals surface area contributed by atoms with Crippen LogP contribution >= 0.6 is 0 Å². The van der Waals surface area contributed by atoms with E-state index >= 15 is 0 Å². The van der Waals surface area contributed by atoms with Gasteiger partial charge in [0, 0.05) is 16.8 Å². The highest BCUT2D eigenvalue weighted by atomic mass is 16.5. The van der Waals surface area contributed by atoms with E-state index in [1.54, 1.807) is 13.8 Å². The van der Waals surface area contributed by atoms with Crippen LogP contribution in [0.2, 0.25) is 0 Å². The number of carbonyl (C=O) groups is 2. The Kier molecular flexibility index (Phi) is 8.10. The maximum atomic E-state index is 13.6. The summed E-state index contributed by atoms with van der Waals surface area (Å²) in [6.07, 6.45) is 0. The van der Waals surface area contributed by atoms with E-state index in [1.165, 1.54) is 0 Å². The molecule has 5 heteroatoms. The van der Waals surface area contributed by atoms with Crippen molar-refractivity contribution >= 4 is 23.3 Å². The maximum absolute atomic E-state index is 13.6. The van der Waals surface area contributed by atoms with Gasteiger partial charge < -0.3 is 9.47 Å². The Balaban J connectivity index is 1.83. The van der Waals surface area contributed by atoms with Crippen molar-refractivity contribution in [1.29, 1.82) is 0 Å². The van der Waals surface area contributed by atoms with Gasteiger partial charge in [0.1, 0.15) is 12.5 Å². The van der Waals surface area contributed by atoms with Gasteiger partial charge in [0.2, 0.25) is 0 Å². The van der Waals surface area contributed by atoms with E-state index in [2.05, 4.69) is 11.8 Å². The standard InChI is InChI=1S/C31H27NO4/c1-3-35-30(33)27-22(2)32-29(25-17-11-6-12-18-25)28(26(27)20-19-23-13-7-4-8-14-23)31(34)36-21-24-15-9-5-10-16-24/h4-18,26-27H,3,21H2,1-2H3/t26-,27?/m0/s1. The summed E-state index contributed by atoms with van der Waals surface area (Å²) in [4.78, 5) is 31.4. The van der Waals surface area contributed by atoms with Gasteiger partial charge in [-0.3, -0.25) is 9.79 Å². The lowest BCUT2D eigenvalue weighted by Crippen LogP contribution is -2.37. The van der Waals surface area contributed by atoms with Gasteiger partial charge in [-0.2, -0.15) is 0 Å². The van der Waals surface area contributed by atoms with Gasteiger partial charge in [0.05, 0.1) is 23.8 Å². The third-order valence-corrected chi connectivity index (χ3v) is 5.80. The molecule has 180 valence electrons. The Morgan fingerprint density at radius 3 is 2.11 bits per heavy atom. The molecule has 3 aromatic carbocycles. The number of hydrogen-bond donors (Lipinski definition) is 0. The highest BCUT2D eigenvalue weighted by Gasteiger charge is 2.42. The van der Waals surface area contributed by atoms with Gasteiger partial charge in [0.15, 0.2) is 0 Å². The summed E-state index contributed by atoms with van der Waals surface area (Å²) in [5.74, 6) is 3.69. The van der Waals surface area contributed by atoms with E-state index < -0.39 is 23.8 Å². The Hall–Kier alpha value is -4.43. The van der Waals surface area contributed by atoms with Crippen LogP contribution in [0.25, 0.3) is 5.70 Å². The number of ether oxygens (including phenoxy) is 2. The summed E-state index contributed by atoms with van der Waals surface area (Å²) in [6, 6.07) is 28.3. The predicted octanol–water partition coefficient (Wildman–Crippen LogP) is 5.46. The topological polar surface area (TPSA) is 65.0 Å². The molecule has 0 aliphatic carbocycles. The van der Waals surface area contributed by atoms with Crippen molar-refractivity contribution in [2.75, 3.05) is 6.61 Å². The average Bonchev–Trinajstić information content (AvgIpc) is 2.92. The first-order valence-electron chi connectivity index (χ1n) is 11.9. The molecule has 1 unspecified atom stereocenters. The summed E-state index contributed by atoms with van der Waals surface area (Å²) in [6.45, 7) is 3.83. The fourth-order valence-corrected chi connectivity index (χ4v) is 4.08. The number of hydrogen-bond acceptors (Lipinski definition) is 5. The van der Waals surface area contributed by atoms with E-state index in [4.69, 9.17) is 14.5 Å². The summed E-state index contributed by atoms with van der Waals surface area (Å²) in [7, 11) is 0. The minimum atomic E-state index is -0.826. The first-order chi connectivity index (χ1) is 17.6. The van der Waals surface area contributed by atoms with Crippen molar-refractivity contribution in [2.45, 2.75) is 20.5 Å².